The summed E-state index contributed by atoms with van der Waals surface area (Å²) in [7, 11) is 0. The standard InChI is InChI=1S/C31H45N5/c1-7-15-34(22-28-25(5)20-24(4)21-26(28)6)23-29-30(8-2)32-36(27-13-11-10-12-14-27)31(29)35-18-16-33(9-3)17-19-35/h10-14,20-21H,7-9,15-19,22-23H2,1-6H3. The minimum Gasteiger partial charge on any atom is -0.354 e. The highest BCUT2D eigenvalue weighted by Gasteiger charge is 2.27. The van der Waals surface area contributed by atoms with Gasteiger partial charge in [-0.3, -0.25) is 4.90 Å². The number of likely N-dealkylation sites (N-methyl/N-ethyl adjacent to an activating group) is 1. The van der Waals surface area contributed by atoms with E-state index in [4.69, 9.17) is 5.10 Å². The summed E-state index contributed by atoms with van der Waals surface area (Å²) < 4.78 is 2.22. The van der Waals surface area contributed by atoms with E-state index >= 15 is 0 Å². The summed E-state index contributed by atoms with van der Waals surface area (Å²) in [5, 5.41) is 5.21. The Morgan fingerprint density at radius 3 is 2.06 bits per heavy atom. The van der Waals surface area contributed by atoms with Gasteiger partial charge in [-0.25, -0.2) is 4.68 Å². The summed E-state index contributed by atoms with van der Waals surface area (Å²) in [6.07, 6.45) is 2.09. The van der Waals surface area contributed by atoms with Crippen LogP contribution in [0, 0.1) is 20.8 Å². The van der Waals surface area contributed by atoms with Crippen molar-refractivity contribution in [2.24, 2.45) is 0 Å². The van der Waals surface area contributed by atoms with Crippen LogP contribution < -0.4 is 4.90 Å². The van der Waals surface area contributed by atoms with Gasteiger partial charge in [0.2, 0.25) is 0 Å². The normalized spacial score (nSPS) is 14.7. The van der Waals surface area contributed by atoms with E-state index in [0.29, 0.717) is 0 Å². The Labute approximate surface area is 218 Å². The molecule has 5 heteroatoms. The lowest BCUT2D eigenvalue weighted by molar-refractivity contribution is 0.253. The maximum absolute atomic E-state index is 5.21. The van der Waals surface area contributed by atoms with E-state index in [9.17, 15) is 0 Å². The van der Waals surface area contributed by atoms with Crippen molar-refractivity contribution in [3.63, 3.8) is 0 Å². The molecule has 1 aromatic heterocycles. The summed E-state index contributed by atoms with van der Waals surface area (Å²) in [6.45, 7) is 22.0. The highest BCUT2D eigenvalue weighted by atomic mass is 15.4. The van der Waals surface area contributed by atoms with E-state index < -0.39 is 0 Å². The van der Waals surface area contributed by atoms with E-state index in [0.717, 1.165) is 70.9 Å². The SMILES string of the molecule is CCCN(Cc1c(C)cc(C)cc1C)Cc1c(CC)nn(-c2ccccc2)c1N1CCN(CC)CC1. The van der Waals surface area contributed by atoms with Crippen LogP contribution in [-0.4, -0.2) is 58.8 Å². The predicted molar refractivity (Wildman–Crippen MR) is 152 cm³/mol. The minimum absolute atomic E-state index is 0.930. The van der Waals surface area contributed by atoms with Gasteiger partial charge >= 0.3 is 0 Å². The molecule has 0 aliphatic carbocycles. The van der Waals surface area contributed by atoms with Crippen LogP contribution in [-0.2, 0) is 19.5 Å². The zero-order valence-electron chi connectivity index (χ0n) is 23.3. The molecule has 36 heavy (non-hydrogen) atoms. The molecule has 0 radical (unpaired) electrons. The van der Waals surface area contributed by atoms with Crippen LogP contribution in [0.1, 0.15) is 60.7 Å². The molecule has 1 fully saturated rings. The lowest BCUT2D eigenvalue weighted by Gasteiger charge is -2.36. The molecule has 0 atom stereocenters. The average molecular weight is 488 g/mol. The van der Waals surface area contributed by atoms with Crippen molar-refractivity contribution in [2.75, 3.05) is 44.2 Å². The zero-order chi connectivity index (χ0) is 25.7. The Morgan fingerprint density at radius 2 is 1.47 bits per heavy atom. The zero-order valence-corrected chi connectivity index (χ0v) is 23.3. The molecule has 0 saturated carbocycles. The number of hydrogen-bond donors (Lipinski definition) is 0. The van der Waals surface area contributed by atoms with Crippen LogP contribution in [0.2, 0.25) is 0 Å². The van der Waals surface area contributed by atoms with Gasteiger partial charge < -0.3 is 9.80 Å². The van der Waals surface area contributed by atoms with E-state index in [1.54, 1.807) is 0 Å². The van der Waals surface area contributed by atoms with Gasteiger partial charge in [-0.15, -0.1) is 0 Å². The fraction of sp³-hybridized carbons (Fsp3) is 0.516. The topological polar surface area (TPSA) is 27.5 Å². The number of aryl methyl sites for hydroxylation is 4. The smallest absolute Gasteiger partial charge is 0.137 e. The molecule has 0 amide bonds. The molecule has 0 bridgehead atoms. The highest BCUT2D eigenvalue weighted by Crippen LogP contribution is 2.31. The average Bonchev–Trinajstić information content (AvgIpc) is 3.25. The Bertz CT molecular complexity index is 1100. The Morgan fingerprint density at radius 1 is 0.833 bits per heavy atom. The lowest BCUT2D eigenvalue weighted by atomic mass is 9.99. The van der Waals surface area contributed by atoms with Crippen molar-refractivity contribution in [1.82, 2.24) is 19.6 Å². The quantitative estimate of drug-likeness (QED) is 0.355. The van der Waals surface area contributed by atoms with Gasteiger partial charge in [0.05, 0.1) is 11.4 Å². The number of anilines is 1. The molecule has 2 heterocycles. The van der Waals surface area contributed by atoms with Crippen molar-refractivity contribution < 1.29 is 0 Å². The van der Waals surface area contributed by atoms with Crippen molar-refractivity contribution in [2.45, 2.75) is 67.5 Å². The first-order valence-electron chi connectivity index (χ1n) is 13.9. The molecule has 4 rings (SSSR count). The van der Waals surface area contributed by atoms with Gasteiger partial charge in [0, 0.05) is 44.8 Å². The Balaban J connectivity index is 1.73. The van der Waals surface area contributed by atoms with E-state index in [1.807, 2.05) is 0 Å². The first-order chi connectivity index (χ1) is 17.4. The van der Waals surface area contributed by atoms with Crippen molar-refractivity contribution >= 4 is 5.82 Å². The molecule has 2 aromatic carbocycles. The van der Waals surface area contributed by atoms with Crippen LogP contribution in [0.25, 0.3) is 5.69 Å². The van der Waals surface area contributed by atoms with E-state index in [2.05, 4.69) is 103 Å². The number of benzene rings is 2. The van der Waals surface area contributed by atoms with Crippen molar-refractivity contribution in [1.29, 1.82) is 0 Å². The molecule has 0 spiro atoms. The molecule has 0 N–H and O–H groups in total. The van der Waals surface area contributed by atoms with E-state index in [1.165, 1.54) is 39.3 Å². The lowest BCUT2D eigenvalue weighted by Crippen LogP contribution is -2.47. The van der Waals surface area contributed by atoms with Crippen LogP contribution >= 0.6 is 0 Å². The highest BCUT2D eigenvalue weighted by molar-refractivity contribution is 5.56. The summed E-state index contributed by atoms with van der Waals surface area (Å²) >= 11 is 0. The van der Waals surface area contributed by atoms with Gasteiger partial charge in [-0.05, 0) is 75.5 Å². The van der Waals surface area contributed by atoms with Gasteiger partial charge in [0.1, 0.15) is 5.82 Å². The van der Waals surface area contributed by atoms with Crippen molar-refractivity contribution in [3.8, 4) is 5.69 Å². The van der Waals surface area contributed by atoms with Crippen molar-refractivity contribution in [3.05, 3.63) is 76.0 Å². The predicted octanol–water partition coefficient (Wildman–Crippen LogP) is 5.91. The van der Waals surface area contributed by atoms with Gasteiger partial charge in [-0.1, -0.05) is 56.7 Å². The van der Waals surface area contributed by atoms with Crippen LogP contribution in [0.3, 0.4) is 0 Å². The largest absolute Gasteiger partial charge is 0.354 e. The van der Waals surface area contributed by atoms with E-state index in [-0.39, 0.29) is 0 Å². The maximum atomic E-state index is 5.21. The fourth-order valence-corrected chi connectivity index (χ4v) is 5.72. The first kappa shape index (κ1) is 26.4. The molecular weight excluding hydrogens is 442 g/mol. The monoisotopic (exact) mass is 487 g/mol. The number of piperazine rings is 1. The maximum Gasteiger partial charge on any atom is 0.137 e. The Hall–Kier alpha value is -2.63. The fourth-order valence-electron chi connectivity index (χ4n) is 5.72. The molecule has 0 unspecified atom stereocenters. The van der Waals surface area contributed by atoms with Crippen LogP contribution in [0.4, 0.5) is 5.82 Å². The third kappa shape index (κ3) is 5.84. The minimum atomic E-state index is 0.930. The van der Waals surface area contributed by atoms with Gasteiger partial charge in [-0.2, -0.15) is 5.10 Å². The number of nitrogens with zero attached hydrogens (tertiary/aromatic N) is 5. The number of hydrogen-bond acceptors (Lipinski definition) is 4. The summed E-state index contributed by atoms with van der Waals surface area (Å²) in [4.78, 5) is 7.78. The third-order valence-corrected chi connectivity index (χ3v) is 7.64. The first-order valence-corrected chi connectivity index (χ1v) is 13.9. The number of rotatable bonds is 10. The second-order valence-electron chi connectivity index (χ2n) is 10.4. The molecular formula is C31H45N5. The molecule has 194 valence electrons. The molecule has 3 aromatic rings. The summed E-state index contributed by atoms with van der Waals surface area (Å²) in [5.41, 5.74) is 9.41. The molecule has 1 aliphatic rings. The Kier molecular flexibility index (Phi) is 8.86. The van der Waals surface area contributed by atoms with Crippen LogP contribution in [0.15, 0.2) is 42.5 Å². The molecule has 5 nitrogen and oxygen atoms in total. The summed E-state index contributed by atoms with van der Waals surface area (Å²) in [6, 6.07) is 15.4. The van der Waals surface area contributed by atoms with Gasteiger partial charge in [0.15, 0.2) is 0 Å². The number of para-hydroxylation sites is 1. The molecule has 1 aliphatic heterocycles. The van der Waals surface area contributed by atoms with Crippen LogP contribution in [0.5, 0.6) is 0 Å². The third-order valence-electron chi connectivity index (χ3n) is 7.64. The van der Waals surface area contributed by atoms with Gasteiger partial charge in [0.25, 0.3) is 0 Å². The number of aromatic nitrogens is 2. The second kappa shape index (κ2) is 12.1. The molecule has 1 saturated heterocycles. The summed E-state index contributed by atoms with van der Waals surface area (Å²) in [5.74, 6) is 1.30. The second-order valence-corrected chi connectivity index (χ2v) is 10.4.